The first-order chi connectivity index (χ1) is 12.2. The SMILES string of the molecule is CN=C(NCc1nc(C(F)(F)F)cs1)NCc1ccc(N(C)C)cc1C.I. The van der Waals surface area contributed by atoms with Crippen LogP contribution >= 0.6 is 35.3 Å². The monoisotopic (exact) mass is 513 g/mol. The first kappa shape index (κ1) is 23.5. The Morgan fingerprint density at radius 1 is 1.22 bits per heavy atom. The summed E-state index contributed by atoms with van der Waals surface area (Å²) in [5, 5.41) is 7.51. The number of aromatic nitrogens is 1. The van der Waals surface area contributed by atoms with Crippen LogP contribution in [0.2, 0.25) is 0 Å². The van der Waals surface area contributed by atoms with Gasteiger partial charge in [-0.2, -0.15) is 13.2 Å². The van der Waals surface area contributed by atoms with Crippen LogP contribution in [0.4, 0.5) is 18.9 Å². The normalized spacial score (nSPS) is 11.7. The number of hydrogen-bond acceptors (Lipinski definition) is 4. The standard InChI is InChI=1S/C17H22F3N5S.HI/c1-11-7-13(25(3)4)6-5-12(11)8-22-16(21-2)23-9-15-24-14(10-26-15)17(18,19)20;/h5-7,10H,8-9H2,1-4H3,(H2,21,22,23);1H. The number of aliphatic imine (C=N–C) groups is 1. The number of nitrogens with zero attached hydrogens (tertiary/aromatic N) is 3. The van der Waals surface area contributed by atoms with Crippen LogP contribution in [0.15, 0.2) is 28.6 Å². The summed E-state index contributed by atoms with van der Waals surface area (Å²) in [6.45, 7) is 2.78. The molecule has 0 aliphatic rings. The van der Waals surface area contributed by atoms with Crippen LogP contribution in [0, 0.1) is 6.92 Å². The molecule has 0 fully saturated rings. The number of rotatable bonds is 5. The molecule has 150 valence electrons. The van der Waals surface area contributed by atoms with E-state index in [2.05, 4.69) is 26.7 Å². The smallest absolute Gasteiger partial charge is 0.378 e. The van der Waals surface area contributed by atoms with Crippen molar-refractivity contribution in [2.24, 2.45) is 4.99 Å². The van der Waals surface area contributed by atoms with E-state index in [0.717, 1.165) is 33.5 Å². The van der Waals surface area contributed by atoms with Gasteiger partial charge in [-0.1, -0.05) is 6.07 Å². The van der Waals surface area contributed by atoms with Crippen molar-refractivity contribution in [1.82, 2.24) is 15.6 Å². The van der Waals surface area contributed by atoms with E-state index in [-0.39, 0.29) is 30.5 Å². The molecule has 2 rings (SSSR count). The number of benzene rings is 1. The number of aryl methyl sites for hydroxylation is 1. The molecule has 2 aromatic rings. The van der Waals surface area contributed by atoms with E-state index in [0.29, 0.717) is 17.5 Å². The lowest BCUT2D eigenvalue weighted by Crippen LogP contribution is -2.36. The van der Waals surface area contributed by atoms with Crippen molar-refractivity contribution < 1.29 is 13.2 Å². The Labute approximate surface area is 178 Å². The third kappa shape index (κ3) is 6.83. The quantitative estimate of drug-likeness (QED) is 0.361. The average molecular weight is 513 g/mol. The molecule has 0 radical (unpaired) electrons. The largest absolute Gasteiger partial charge is 0.434 e. The van der Waals surface area contributed by atoms with Gasteiger partial charge in [0.25, 0.3) is 0 Å². The van der Waals surface area contributed by atoms with E-state index in [1.54, 1.807) is 7.05 Å². The lowest BCUT2D eigenvalue weighted by atomic mass is 10.1. The van der Waals surface area contributed by atoms with Gasteiger partial charge in [-0.15, -0.1) is 35.3 Å². The zero-order valence-electron chi connectivity index (χ0n) is 15.5. The topological polar surface area (TPSA) is 52.6 Å². The van der Waals surface area contributed by atoms with Crippen molar-refractivity contribution in [3.63, 3.8) is 0 Å². The summed E-state index contributed by atoms with van der Waals surface area (Å²) >= 11 is 0.969. The van der Waals surface area contributed by atoms with Crippen molar-refractivity contribution in [1.29, 1.82) is 0 Å². The van der Waals surface area contributed by atoms with Gasteiger partial charge in [-0.3, -0.25) is 4.99 Å². The Hall–Kier alpha value is -1.56. The zero-order chi connectivity index (χ0) is 19.3. The number of thiazole rings is 1. The van der Waals surface area contributed by atoms with E-state index in [4.69, 9.17) is 0 Å². The summed E-state index contributed by atoms with van der Waals surface area (Å²) < 4.78 is 37.7. The van der Waals surface area contributed by atoms with Crippen LogP contribution in [-0.4, -0.2) is 32.1 Å². The van der Waals surface area contributed by atoms with E-state index < -0.39 is 11.9 Å². The van der Waals surface area contributed by atoms with Crippen molar-refractivity contribution in [3.05, 3.63) is 45.4 Å². The maximum Gasteiger partial charge on any atom is 0.434 e. The van der Waals surface area contributed by atoms with Crippen molar-refractivity contribution in [3.8, 4) is 0 Å². The highest BCUT2D eigenvalue weighted by atomic mass is 127. The number of anilines is 1. The number of halogens is 4. The first-order valence-corrected chi connectivity index (χ1v) is 8.81. The van der Waals surface area contributed by atoms with Crippen LogP contribution in [0.25, 0.3) is 0 Å². The van der Waals surface area contributed by atoms with Gasteiger partial charge in [0.05, 0.1) is 6.54 Å². The van der Waals surface area contributed by atoms with Crippen LogP contribution in [-0.2, 0) is 19.3 Å². The van der Waals surface area contributed by atoms with Gasteiger partial charge in [-0.05, 0) is 30.2 Å². The molecular weight excluding hydrogens is 490 g/mol. The molecule has 0 amide bonds. The zero-order valence-corrected chi connectivity index (χ0v) is 18.7. The highest BCUT2D eigenvalue weighted by molar-refractivity contribution is 14.0. The Balaban J connectivity index is 0.00000364. The molecule has 0 spiro atoms. The summed E-state index contributed by atoms with van der Waals surface area (Å²) in [7, 11) is 5.59. The molecule has 0 unspecified atom stereocenters. The highest BCUT2D eigenvalue weighted by Gasteiger charge is 2.33. The number of guanidine groups is 1. The third-order valence-corrected chi connectivity index (χ3v) is 4.61. The minimum atomic E-state index is -4.41. The fraction of sp³-hybridized carbons (Fsp3) is 0.412. The molecule has 0 aliphatic heterocycles. The maximum absolute atomic E-state index is 12.6. The van der Waals surface area contributed by atoms with Crippen LogP contribution < -0.4 is 15.5 Å². The van der Waals surface area contributed by atoms with E-state index in [1.807, 2.05) is 38.1 Å². The lowest BCUT2D eigenvalue weighted by molar-refractivity contribution is -0.140. The fourth-order valence-electron chi connectivity index (χ4n) is 2.24. The van der Waals surface area contributed by atoms with Crippen LogP contribution in [0.3, 0.4) is 0 Å². The van der Waals surface area contributed by atoms with Gasteiger partial charge in [0.15, 0.2) is 11.7 Å². The Kier molecular flexibility index (Phi) is 8.79. The Morgan fingerprint density at radius 2 is 1.89 bits per heavy atom. The van der Waals surface area contributed by atoms with Gasteiger partial charge >= 0.3 is 6.18 Å². The summed E-state index contributed by atoms with van der Waals surface area (Å²) in [4.78, 5) is 9.72. The maximum atomic E-state index is 12.6. The molecule has 2 N–H and O–H groups in total. The molecule has 10 heteroatoms. The van der Waals surface area contributed by atoms with Gasteiger partial charge < -0.3 is 15.5 Å². The minimum Gasteiger partial charge on any atom is -0.378 e. The molecule has 1 aromatic heterocycles. The molecule has 5 nitrogen and oxygen atoms in total. The summed E-state index contributed by atoms with van der Waals surface area (Å²) in [6, 6.07) is 6.18. The van der Waals surface area contributed by atoms with Crippen molar-refractivity contribution >= 4 is 47.0 Å². The predicted octanol–water partition coefficient (Wildman–Crippen LogP) is 4.02. The second-order valence-corrected chi connectivity index (χ2v) is 6.85. The molecule has 0 saturated carbocycles. The third-order valence-electron chi connectivity index (χ3n) is 3.76. The van der Waals surface area contributed by atoms with Crippen LogP contribution in [0.1, 0.15) is 21.8 Å². The Bertz CT molecular complexity index is 774. The molecule has 0 aliphatic carbocycles. The average Bonchev–Trinajstić information content (AvgIpc) is 3.05. The van der Waals surface area contributed by atoms with E-state index >= 15 is 0 Å². The van der Waals surface area contributed by atoms with E-state index in [1.165, 1.54) is 0 Å². The molecule has 1 heterocycles. The predicted molar refractivity (Wildman–Crippen MR) is 115 cm³/mol. The summed E-state index contributed by atoms with van der Waals surface area (Å²) in [5.41, 5.74) is 2.53. The molecule has 0 saturated heterocycles. The van der Waals surface area contributed by atoms with Gasteiger partial charge in [0.1, 0.15) is 5.01 Å². The van der Waals surface area contributed by atoms with Crippen molar-refractivity contribution in [2.75, 3.05) is 26.0 Å². The van der Waals surface area contributed by atoms with Gasteiger partial charge in [-0.25, -0.2) is 4.98 Å². The van der Waals surface area contributed by atoms with E-state index in [9.17, 15) is 13.2 Å². The molecule has 1 aromatic carbocycles. The second kappa shape index (κ2) is 10.1. The molecule has 0 bridgehead atoms. The first-order valence-electron chi connectivity index (χ1n) is 7.93. The number of alkyl halides is 3. The van der Waals surface area contributed by atoms with Gasteiger partial charge in [0.2, 0.25) is 0 Å². The molecule has 0 atom stereocenters. The molecule has 27 heavy (non-hydrogen) atoms. The summed E-state index contributed by atoms with van der Waals surface area (Å²) in [6.07, 6.45) is -4.41. The minimum absolute atomic E-state index is 0. The Morgan fingerprint density at radius 3 is 2.41 bits per heavy atom. The molecular formula is C17H23F3IN5S. The van der Waals surface area contributed by atoms with Crippen LogP contribution in [0.5, 0.6) is 0 Å². The summed E-state index contributed by atoms with van der Waals surface area (Å²) in [5.74, 6) is 0.504. The number of hydrogen-bond donors (Lipinski definition) is 2. The van der Waals surface area contributed by atoms with Gasteiger partial charge in [0, 0.05) is 38.8 Å². The second-order valence-electron chi connectivity index (χ2n) is 5.91. The highest BCUT2D eigenvalue weighted by Crippen LogP contribution is 2.29. The van der Waals surface area contributed by atoms with Crippen molar-refractivity contribution in [2.45, 2.75) is 26.2 Å². The lowest BCUT2D eigenvalue weighted by Gasteiger charge is -2.16. The fourth-order valence-corrected chi connectivity index (χ4v) is 2.98. The number of nitrogens with one attached hydrogen (secondary N) is 2.